The molecule has 0 aliphatic heterocycles. The minimum Gasteiger partial charge on any atom is -0.469 e. The SMILES string of the molecule is CCc1cccc(C)c1NC(=S)NNC(=O)/C=C/c1ccc(CCC(=O)OC)o1. The second-order valence-electron chi connectivity index (χ2n) is 6.24. The molecule has 0 spiro atoms. The first-order valence-electron chi connectivity index (χ1n) is 9.22. The first kappa shape index (κ1) is 22.2. The lowest BCUT2D eigenvalue weighted by Gasteiger charge is -2.15. The van der Waals surface area contributed by atoms with Gasteiger partial charge in [-0.05, 0) is 54.9 Å². The van der Waals surface area contributed by atoms with Crippen LogP contribution in [0.25, 0.3) is 6.08 Å². The first-order valence-corrected chi connectivity index (χ1v) is 9.62. The highest BCUT2D eigenvalue weighted by Gasteiger charge is 2.07. The van der Waals surface area contributed by atoms with E-state index in [1.54, 1.807) is 12.1 Å². The Labute approximate surface area is 175 Å². The van der Waals surface area contributed by atoms with E-state index < -0.39 is 0 Å². The summed E-state index contributed by atoms with van der Waals surface area (Å²) in [7, 11) is 1.34. The van der Waals surface area contributed by atoms with Gasteiger partial charge in [0.15, 0.2) is 5.11 Å². The molecule has 1 aromatic carbocycles. The molecule has 0 atom stereocenters. The number of para-hydroxylation sites is 1. The summed E-state index contributed by atoms with van der Waals surface area (Å²) in [5, 5.41) is 3.41. The molecule has 7 nitrogen and oxygen atoms in total. The third-order valence-corrected chi connectivity index (χ3v) is 4.37. The number of carbonyl (C=O) groups is 2. The van der Waals surface area contributed by atoms with Gasteiger partial charge in [-0.2, -0.15) is 0 Å². The minimum absolute atomic E-state index is 0.239. The summed E-state index contributed by atoms with van der Waals surface area (Å²) in [6.07, 6.45) is 4.40. The van der Waals surface area contributed by atoms with Crippen molar-refractivity contribution in [2.75, 3.05) is 12.4 Å². The molecule has 0 aliphatic carbocycles. The molecular formula is C21H25N3O4S. The lowest BCUT2D eigenvalue weighted by Crippen LogP contribution is -2.43. The first-order chi connectivity index (χ1) is 13.9. The average Bonchev–Trinajstić information content (AvgIpc) is 3.18. The molecule has 3 N–H and O–H groups in total. The number of anilines is 1. The molecule has 0 saturated heterocycles. The molecule has 1 amide bonds. The number of furan rings is 1. The highest BCUT2D eigenvalue weighted by atomic mass is 32.1. The number of hydrogen-bond acceptors (Lipinski definition) is 5. The van der Waals surface area contributed by atoms with Crippen molar-refractivity contribution in [1.29, 1.82) is 0 Å². The van der Waals surface area contributed by atoms with E-state index in [1.165, 1.54) is 19.3 Å². The van der Waals surface area contributed by atoms with Crippen LogP contribution in [0.5, 0.6) is 0 Å². The van der Waals surface area contributed by atoms with E-state index in [1.807, 2.05) is 25.1 Å². The van der Waals surface area contributed by atoms with Gasteiger partial charge in [-0.3, -0.25) is 20.4 Å². The van der Waals surface area contributed by atoms with E-state index in [-0.39, 0.29) is 18.3 Å². The normalized spacial score (nSPS) is 10.6. The summed E-state index contributed by atoms with van der Waals surface area (Å²) in [5.41, 5.74) is 8.33. The molecule has 29 heavy (non-hydrogen) atoms. The van der Waals surface area contributed by atoms with E-state index in [0.29, 0.717) is 23.1 Å². The number of aryl methyl sites for hydroxylation is 3. The van der Waals surface area contributed by atoms with Crippen LogP contribution in [0.15, 0.2) is 40.8 Å². The molecule has 0 bridgehead atoms. The topological polar surface area (TPSA) is 92.6 Å². The van der Waals surface area contributed by atoms with Gasteiger partial charge in [0.25, 0.3) is 5.91 Å². The van der Waals surface area contributed by atoms with Gasteiger partial charge in [-0.15, -0.1) is 0 Å². The zero-order valence-electron chi connectivity index (χ0n) is 16.7. The average molecular weight is 416 g/mol. The van der Waals surface area contributed by atoms with Crippen LogP contribution >= 0.6 is 12.2 Å². The van der Waals surface area contributed by atoms with Gasteiger partial charge < -0.3 is 14.5 Å². The van der Waals surface area contributed by atoms with Crippen LogP contribution < -0.4 is 16.2 Å². The summed E-state index contributed by atoms with van der Waals surface area (Å²) in [6, 6.07) is 9.50. The Kier molecular flexibility index (Phi) is 8.42. The van der Waals surface area contributed by atoms with Gasteiger partial charge >= 0.3 is 5.97 Å². The summed E-state index contributed by atoms with van der Waals surface area (Å²) < 4.78 is 10.1. The highest BCUT2D eigenvalue weighted by molar-refractivity contribution is 7.80. The van der Waals surface area contributed by atoms with Gasteiger partial charge in [-0.1, -0.05) is 25.1 Å². The number of hydrazine groups is 1. The van der Waals surface area contributed by atoms with Crippen molar-refractivity contribution >= 4 is 41.0 Å². The van der Waals surface area contributed by atoms with Crippen molar-refractivity contribution in [3.8, 4) is 0 Å². The van der Waals surface area contributed by atoms with E-state index in [0.717, 1.165) is 23.2 Å². The summed E-state index contributed by atoms with van der Waals surface area (Å²) in [6.45, 7) is 4.06. The molecule has 8 heteroatoms. The van der Waals surface area contributed by atoms with E-state index in [4.69, 9.17) is 16.6 Å². The van der Waals surface area contributed by atoms with Crippen molar-refractivity contribution in [1.82, 2.24) is 10.9 Å². The minimum atomic E-state index is -0.387. The maximum atomic E-state index is 12.0. The van der Waals surface area contributed by atoms with E-state index >= 15 is 0 Å². The Morgan fingerprint density at radius 2 is 2.00 bits per heavy atom. The third kappa shape index (κ3) is 7.08. The van der Waals surface area contributed by atoms with Crippen LogP contribution in [0.4, 0.5) is 5.69 Å². The maximum Gasteiger partial charge on any atom is 0.305 e. The number of methoxy groups -OCH3 is 1. The predicted molar refractivity (Wildman–Crippen MR) is 116 cm³/mol. The number of esters is 1. The predicted octanol–water partition coefficient (Wildman–Crippen LogP) is 3.29. The Balaban J connectivity index is 1.82. The fraction of sp³-hybridized carbons (Fsp3) is 0.286. The van der Waals surface area contributed by atoms with Crippen LogP contribution in [-0.2, 0) is 27.2 Å². The van der Waals surface area contributed by atoms with Gasteiger partial charge in [0.05, 0.1) is 13.5 Å². The number of rotatable bonds is 7. The molecule has 0 aliphatic rings. The van der Waals surface area contributed by atoms with Crippen molar-refractivity contribution in [3.63, 3.8) is 0 Å². The monoisotopic (exact) mass is 415 g/mol. The fourth-order valence-electron chi connectivity index (χ4n) is 2.61. The Morgan fingerprint density at radius 3 is 2.72 bits per heavy atom. The molecule has 2 rings (SSSR count). The number of amides is 1. The molecule has 0 radical (unpaired) electrons. The smallest absolute Gasteiger partial charge is 0.305 e. The molecule has 1 heterocycles. The Hall–Kier alpha value is -3.13. The molecule has 0 saturated carbocycles. The van der Waals surface area contributed by atoms with Crippen LogP contribution in [0.2, 0.25) is 0 Å². The fourth-order valence-corrected chi connectivity index (χ4v) is 2.76. The summed E-state index contributed by atoms with van der Waals surface area (Å²) in [4.78, 5) is 23.1. The van der Waals surface area contributed by atoms with E-state index in [2.05, 4.69) is 27.8 Å². The molecule has 1 aromatic heterocycles. The second-order valence-corrected chi connectivity index (χ2v) is 6.65. The number of carbonyl (C=O) groups excluding carboxylic acids is 2. The zero-order chi connectivity index (χ0) is 21.2. The van der Waals surface area contributed by atoms with Crippen LogP contribution in [0.1, 0.15) is 36.0 Å². The standard InChI is InChI=1S/C21H25N3O4S/c1-4-15-7-5-6-14(2)20(15)22-21(29)24-23-18(25)12-10-16-8-9-17(28-16)11-13-19(26)27-3/h5-10,12H,4,11,13H2,1-3H3,(H,23,25)(H2,22,24,29)/b12-10+. The number of ether oxygens (including phenoxy) is 1. The molecule has 0 fully saturated rings. The lowest BCUT2D eigenvalue weighted by atomic mass is 10.1. The van der Waals surface area contributed by atoms with Gasteiger partial charge in [0.2, 0.25) is 0 Å². The lowest BCUT2D eigenvalue weighted by molar-refractivity contribution is -0.140. The van der Waals surface area contributed by atoms with Crippen LogP contribution in [-0.4, -0.2) is 24.1 Å². The van der Waals surface area contributed by atoms with Crippen LogP contribution in [0.3, 0.4) is 0 Å². The quantitative estimate of drug-likeness (QED) is 0.277. The summed E-state index contributed by atoms with van der Waals surface area (Å²) >= 11 is 5.25. The third-order valence-electron chi connectivity index (χ3n) is 4.16. The van der Waals surface area contributed by atoms with Crippen molar-refractivity contribution < 1.29 is 18.7 Å². The highest BCUT2D eigenvalue weighted by Crippen LogP contribution is 2.20. The van der Waals surface area contributed by atoms with Crippen LogP contribution in [0, 0.1) is 6.92 Å². The van der Waals surface area contributed by atoms with Crippen molar-refractivity contribution in [3.05, 3.63) is 59.1 Å². The number of nitrogens with one attached hydrogen (secondary N) is 3. The number of hydrogen-bond donors (Lipinski definition) is 3. The van der Waals surface area contributed by atoms with Crippen molar-refractivity contribution in [2.45, 2.75) is 33.1 Å². The Bertz CT molecular complexity index is 905. The van der Waals surface area contributed by atoms with Gasteiger partial charge in [0, 0.05) is 18.2 Å². The number of thiocarbonyl (C=S) groups is 1. The number of benzene rings is 1. The molecule has 2 aromatic rings. The second kappa shape index (κ2) is 11.0. The Morgan fingerprint density at radius 1 is 1.21 bits per heavy atom. The molecule has 0 unspecified atom stereocenters. The molecular weight excluding hydrogens is 390 g/mol. The van der Waals surface area contributed by atoms with Crippen molar-refractivity contribution in [2.24, 2.45) is 0 Å². The van der Waals surface area contributed by atoms with Gasteiger partial charge in [0.1, 0.15) is 11.5 Å². The maximum absolute atomic E-state index is 12.0. The largest absolute Gasteiger partial charge is 0.469 e. The van der Waals surface area contributed by atoms with Gasteiger partial charge in [-0.25, -0.2) is 0 Å². The summed E-state index contributed by atoms with van der Waals surface area (Å²) in [5.74, 6) is 0.463. The zero-order valence-corrected chi connectivity index (χ0v) is 17.5. The van der Waals surface area contributed by atoms with E-state index in [9.17, 15) is 9.59 Å². The molecule has 154 valence electrons.